The van der Waals surface area contributed by atoms with Crippen molar-refractivity contribution in [3.05, 3.63) is 97.7 Å². The molecule has 1 aliphatic heterocycles. The molecule has 1 heterocycles. The van der Waals surface area contributed by atoms with E-state index in [2.05, 4.69) is 37.2 Å². The first-order valence-electron chi connectivity index (χ1n) is 10.1. The number of nitrogens with zero attached hydrogens (tertiary/aromatic N) is 1. The maximum atomic E-state index is 14.0. The van der Waals surface area contributed by atoms with E-state index in [0.717, 1.165) is 9.37 Å². The molecule has 0 bridgehead atoms. The molecule has 34 heavy (non-hydrogen) atoms. The van der Waals surface area contributed by atoms with Gasteiger partial charge in [-0.2, -0.15) is 0 Å². The van der Waals surface area contributed by atoms with Crippen molar-refractivity contribution in [3.8, 4) is 5.75 Å². The molecule has 1 saturated heterocycles. The third-order valence-corrected chi connectivity index (χ3v) is 6.10. The van der Waals surface area contributed by atoms with Crippen LogP contribution in [0.15, 0.2) is 75.2 Å². The Balaban J connectivity index is 1.70. The van der Waals surface area contributed by atoms with Crippen LogP contribution in [0.2, 0.25) is 0 Å². The molecule has 4 rings (SSSR count). The Hall–Kier alpha value is -3.30. The van der Waals surface area contributed by atoms with Crippen LogP contribution < -0.4 is 15.0 Å². The van der Waals surface area contributed by atoms with Crippen LogP contribution in [0.3, 0.4) is 0 Å². The van der Waals surface area contributed by atoms with Crippen LogP contribution in [-0.4, -0.2) is 17.8 Å². The number of carbonyl (C=O) groups is 3. The third-order valence-electron chi connectivity index (χ3n) is 5.11. The lowest BCUT2D eigenvalue weighted by Crippen LogP contribution is -2.54. The number of hydrogen-bond acceptors (Lipinski definition) is 4. The largest absolute Gasteiger partial charge is 0.488 e. The summed E-state index contributed by atoms with van der Waals surface area (Å²) in [4.78, 5) is 39.3. The average molecular weight is 588 g/mol. The van der Waals surface area contributed by atoms with Crippen LogP contribution in [0.4, 0.5) is 14.9 Å². The Kier molecular flexibility index (Phi) is 6.95. The van der Waals surface area contributed by atoms with E-state index in [1.165, 1.54) is 12.1 Å². The zero-order valence-corrected chi connectivity index (χ0v) is 20.9. The summed E-state index contributed by atoms with van der Waals surface area (Å²) in [6, 6.07) is 15.5. The summed E-state index contributed by atoms with van der Waals surface area (Å²) in [5, 5.41) is 2.21. The van der Waals surface area contributed by atoms with Crippen molar-refractivity contribution in [2.75, 3.05) is 4.90 Å². The van der Waals surface area contributed by atoms with Crippen LogP contribution in [0.5, 0.6) is 5.75 Å². The van der Waals surface area contributed by atoms with Crippen molar-refractivity contribution < 1.29 is 23.5 Å². The topological polar surface area (TPSA) is 75.7 Å². The van der Waals surface area contributed by atoms with Gasteiger partial charge < -0.3 is 4.74 Å². The van der Waals surface area contributed by atoms with Gasteiger partial charge in [-0.05, 0) is 61.0 Å². The molecule has 4 amide bonds. The number of carbonyl (C=O) groups excluding carboxylic acids is 3. The zero-order valence-electron chi connectivity index (χ0n) is 17.8. The molecule has 1 aliphatic rings. The summed E-state index contributed by atoms with van der Waals surface area (Å²) < 4.78 is 21.3. The number of aryl methyl sites for hydroxylation is 1. The first-order valence-corrected chi connectivity index (χ1v) is 11.7. The van der Waals surface area contributed by atoms with Gasteiger partial charge in [0.15, 0.2) is 0 Å². The smallest absolute Gasteiger partial charge is 0.335 e. The number of anilines is 1. The van der Waals surface area contributed by atoms with Crippen molar-refractivity contribution in [3.63, 3.8) is 0 Å². The van der Waals surface area contributed by atoms with Gasteiger partial charge in [-0.25, -0.2) is 14.1 Å². The summed E-state index contributed by atoms with van der Waals surface area (Å²) in [6.45, 7) is 1.71. The fraction of sp³-hybridized carbons (Fsp3) is 0.0800. The van der Waals surface area contributed by atoms with Gasteiger partial charge in [-0.3, -0.25) is 14.9 Å². The molecule has 6 nitrogen and oxygen atoms in total. The molecule has 1 N–H and O–H groups in total. The van der Waals surface area contributed by atoms with E-state index in [1.807, 2.05) is 0 Å². The van der Waals surface area contributed by atoms with Crippen molar-refractivity contribution >= 4 is 61.5 Å². The van der Waals surface area contributed by atoms with E-state index in [1.54, 1.807) is 61.5 Å². The summed E-state index contributed by atoms with van der Waals surface area (Å²) >= 11 is 6.73. The van der Waals surface area contributed by atoms with E-state index in [0.29, 0.717) is 32.6 Å². The lowest BCUT2D eigenvalue weighted by atomic mass is 10.0. The average Bonchev–Trinajstić information content (AvgIpc) is 2.78. The van der Waals surface area contributed by atoms with Crippen LogP contribution in [0, 0.1) is 12.7 Å². The highest BCUT2D eigenvalue weighted by atomic mass is 79.9. The highest BCUT2D eigenvalue weighted by Gasteiger charge is 2.37. The number of nitrogens with one attached hydrogen (secondary N) is 1. The number of urea groups is 1. The number of halogens is 3. The van der Waals surface area contributed by atoms with Gasteiger partial charge in [-0.15, -0.1) is 0 Å². The molecule has 1 fully saturated rings. The van der Waals surface area contributed by atoms with Crippen LogP contribution >= 0.6 is 31.9 Å². The summed E-state index contributed by atoms with van der Waals surface area (Å²) in [6.07, 6.45) is 1.35. The van der Waals surface area contributed by atoms with E-state index < -0.39 is 23.7 Å². The second kappa shape index (κ2) is 9.90. The number of benzene rings is 3. The van der Waals surface area contributed by atoms with Crippen LogP contribution in [0.1, 0.15) is 16.7 Å². The molecule has 0 aromatic heterocycles. The summed E-state index contributed by atoms with van der Waals surface area (Å²) in [7, 11) is 0. The van der Waals surface area contributed by atoms with Crippen molar-refractivity contribution in [2.24, 2.45) is 0 Å². The first kappa shape index (κ1) is 23.8. The number of ether oxygens (including phenoxy) is 1. The molecule has 0 saturated carbocycles. The van der Waals surface area contributed by atoms with Crippen LogP contribution in [0.25, 0.3) is 6.08 Å². The molecule has 0 aliphatic carbocycles. The van der Waals surface area contributed by atoms with E-state index in [-0.39, 0.29) is 12.2 Å². The Labute approximate surface area is 211 Å². The summed E-state index contributed by atoms with van der Waals surface area (Å²) in [5.74, 6) is -1.65. The number of barbiturate groups is 1. The van der Waals surface area contributed by atoms with Gasteiger partial charge in [0.1, 0.15) is 23.7 Å². The molecule has 3 aromatic rings. The Bertz CT molecular complexity index is 1360. The second-order valence-electron chi connectivity index (χ2n) is 7.45. The quantitative estimate of drug-likeness (QED) is 0.298. The fourth-order valence-corrected chi connectivity index (χ4v) is 4.29. The highest BCUT2D eigenvalue weighted by molar-refractivity contribution is 9.10. The number of hydrogen-bond donors (Lipinski definition) is 1. The number of imide groups is 2. The standard InChI is InChI=1S/C25H17Br2FN2O4/c1-14-10-17(26)6-8-21(14)30-24(32)19(23(31)29-25(30)33)12-16-11-18(27)7-9-22(16)34-13-15-4-2-3-5-20(15)28/h2-12H,13H2,1H3,(H,29,31,33)/b19-12-. The molecule has 3 aromatic carbocycles. The minimum atomic E-state index is -0.831. The van der Waals surface area contributed by atoms with Gasteiger partial charge in [0, 0.05) is 20.1 Å². The van der Waals surface area contributed by atoms with Gasteiger partial charge in [-0.1, -0.05) is 50.1 Å². The third kappa shape index (κ3) is 4.95. The van der Waals surface area contributed by atoms with E-state index in [9.17, 15) is 18.8 Å². The maximum absolute atomic E-state index is 14.0. The Morgan fingerprint density at radius 2 is 1.71 bits per heavy atom. The fourth-order valence-electron chi connectivity index (χ4n) is 3.44. The lowest BCUT2D eigenvalue weighted by Gasteiger charge is -2.27. The maximum Gasteiger partial charge on any atom is 0.335 e. The van der Waals surface area contributed by atoms with Gasteiger partial charge in [0.05, 0.1) is 5.69 Å². The predicted octanol–water partition coefficient (Wildman–Crippen LogP) is 5.90. The number of rotatable bonds is 5. The predicted molar refractivity (Wildman–Crippen MR) is 133 cm³/mol. The van der Waals surface area contributed by atoms with Gasteiger partial charge in [0.2, 0.25) is 0 Å². The van der Waals surface area contributed by atoms with E-state index in [4.69, 9.17) is 4.74 Å². The van der Waals surface area contributed by atoms with Crippen molar-refractivity contribution in [2.45, 2.75) is 13.5 Å². The summed E-state index contributed by atoms with van der Waals surface area (Å²) in [5.41, 5.74) is 1.55. The minimum absolute atomic E-state index is 0.0483. The first-order chi connectivity index (χ1) is 16.2. The SMILES string of the molecule is Cc1cc(Br)ccc1N1C(=O)NC(=O)/C(=C/c2cc(Br)ccc2OCc2ccccc2F)C1=O. The molecule has 0 radical (unpaired) electrons. The molecule has 0 unspecified atom stereocenters. The molecule has 0 spiro atoms. The normalized spacial score (nSPS) is 15.0. The van der Waals surface area contributed by atoms with Crippen molar-refractivity contribution in [1.82, 2.24) is 5.32 Å². The Morgan fingerprint density at radius 3 is 2.44 bits per heavy atom. The minimum Gasteiger partial charge on any atom is -0.488 e. The monoisotopic (exact) mass is 586 g/mol. The van der Waals surface area contributed by atoms with Crippen LogP contribution in [-0.2, 0) is 16.2 Å². The van der Waals surface area contributed by atoms with Gasteiger partial charge >= 0.3 is 6.03 Å². The molecule has 9 heteroatoms. The van der Waals surface area contributed by atoms with Crippen molar-refractivity contribution in [1.29, 1.82) is 0 Å². The molecule has 172 valence electrons. The number of amides is 4. The highest BCUT2D eigenvalue weighted by Crippen LogP contribution is 2.30. The molecule has 0 atom stereocenters. The lowest BCUT2D eigenvalue weighted by molar-refractivity contribution is -0.122. The van der Waals surface area contributed by atoms with Gasteiger partial charge in [0.25, 0.3) is 11.8 Å². The van der Waals surface area contributed by atoms with E-state index >= 15 is 0 Å². The second-order valence-corrected chi connectivity index (χ2v) is 9.28. The Morgan fingerprint density at radius 1 is 1.00 bits per heavy atom. The zero-order chi connectivity index (χ0) is 24.4. The molecular formula is C25H17Br2FN2O4. The molecular weight excluding hydrogens is 571 g/mol.